The highest BCUT2D eigenvalue weighted by Gasteiger charge is 2.24. The molecule has 0 aliphatic carbocycles. The highest BCUT2D eigenvalue weighted by molar-refractivity contribution is 6.06. The maximum atomic E-state index is 13.3. The molecule has 2 heterocycles. The lowest BCUT2D eigenvalue weighted by Gasteiger charge is -2.30. The molecule has 1 saturated heterocycles. The molecule has 1 fully saturated rings. The minimum absolute atomic E-state index is 0.239. The second-order valence-corrected chi connectivity index (χ2v) is 5.28. The SMILES string of the molecule is O=C(c1cc(=O)[nH]c2cc(F)ccc12)N1CCCC(O)C1. The number of amides is 1. The van der Waals surface area contributed by atoms with Crippen LogP contribution in [0, 0.1) is 5.82 Å². The zero-order valence-electron chi connectivity index (χ0n) is 11.3. The summed E-state index contributed by atoms with van der Waals surface area (Å²) in [4.78, 5) is 28.3. The molecule has 3 rings (SSSR count). The molecule has 21 heavy (non-hydrogen) atoms. The molecular formula is C15H15FN2O3. The second-order valence-electron chi connectivity index (χ2n) is 5.28. The third-order valence-electron chi connectivity index (χ3n) is 3.72. The lowest BCUT2D eigenvalue weighted by molar-refractivity contribution is 0.0475. The Labute approximate surface area is 120 Å². The molecule has 1 aromatic carbocycles. The van der Waals surface area contributed by atoms with Crippen molar-refractivity contribution in [1.29, 1.82) is 0 Å². The third-order valence-corrected chi connectivity index (χ3v) is 3.72. The van der Waals surface area contributed by atoms with Crippen LogP contribution in [0.2, 0.25) is 0 Å². The van der Waals surface area contributed by atoms with Gasteiger partial charge in [-0.05, 0) is 31.0 Å². The molecule has 0 spiro atoms. The average molecular weight is 290 g/mol. The number of aromatic amines is 1. The van der Waals surface area contributed by atoms with Gasteiger partial charge < -0.3 is 15.0 Å². The molecule has 1 amide bonds. The number of likely N-dealkylation sites (tertiary alicyclic amines) is 1. The Kier molecular flexibility index (Phi) is 3.47. The fraction of sp³-hybridized carbons (Fsp3) is 0.333. The van der Waals surface area contributed by atoms with E-state index in [2.05, 4.69) is 4.98 Å². The van der Waals surface area contributed by atoms with E-state index >= 15 is 0 Å². The summed E-state index contributed by atoms with van der Waals surface area (Å²) in [6.45, 7) is 0.805. The monoisotopic (exact) mass is 290 g/mol. The van der Waals surface area contributed by atoms with Crippen LogP contribution in [0.5, 0.6) is 0 Å². The Balaban J connectivity index is 2.07. The molecule has 110 valence electrons. The summed E-state index contributed by atoms with van der Waals surface area (Å²) < 4.78 is 13.3. The van der Waals surface area contributed by atoms with E-state index in [1.807, 2.05) is 0 Å². The topological polar surface area (TPSA) is 73.4 Å². The maximum Gasteiger partial charge on any atom is 0.254 e. The number of hydrogen-bond donors (Lipinski definition) is 2. The van der Waals surface area contributed by atoms with Crippen LogP contribution in [-0.4, -0.2) is 40.1 Å². The number of H-pyrrole nitrogens is 1. The van der Waals surface area contributed by atoms with Crippen LogP contribution in [0.1, 0.15) is 23.2 Å². The van der Waals surface area contributed by atoms with Gasteiger partial charge in [-0.3, -0.25) is 9.59 Å². The molecule has 2 aromatic rings. The summed E-state index contributed by atoms with van der Waals surface area (Å²) in [6.07, 6.45) is 0.863. The summed E-state index contributed by atoms with van der Waals surface area (Å²) >= 11 is 0. The van der Waals surface area contributed by atoms with Crippen molar-refractivity contribution in [3.8, 4) is 0 Å². The van der Waals surface area contributed by atoms with Gasteiger partial charge in [0.2, 0.25) is 5.56 Å². The number of rotatable bonds is 1. The van der Waals surface area contributed by atoms with Gasteiger partial charge >= 0.3 is 0 Å². The van der Waals surface area contributed by atoms with Crippen molar-refractivity contribution >= 4 is 16.8 Å². The summed E-state index contributed by atoms with van der Waals surface area (Å²) in [5.74, 6) is -0.785. The van der Waals surface area contributed by atoms with Gasteiger partial charge in [-0.2, -0.15) is 0 Å². The molecule has 1 atom stereocenters. The van der Waals surface area contributed by atoms with Crippen molar-refractivity contribution in [2.24, 2.45) is 0 Å². The first-order valence-corrected chi connectivity index (χ1v) is 6.84. The van der Waals surface area contributed by atoms with Crippen molar-refractivity contribution < 1.29 is 14.3 Å². The lowest BCUT2D eigenvalue weighted by atomic mass is 10.0. The minimum atomic E-state index is -0.534. The molecular weight excluding hydrogens is 275 g/mol. The van der Waals surface area contributed by atoms with Crippen LogP contribution >= 0.6 is 0 Å². The number of hydrogen-bond acceptors (Lipinski definition) is 3. The van der Waals surface area contributed by atoms with E-state index in [0.29, 0.717) is 23.9 Å². The second kappa shape index (κ2) is 5.29. The molecule has 0 radical (unpaired) electrons. The van der Waals surface area contributed by atoms with Crippen LogP contribution in [0.3, 0.4) is 0 Å². The van der Waals surface area contributed by atoms with Gasteiger partial charge in [0.1, 0.15) is 5.82 Å². The summed E-state index contributed by atoms with van der Waals surface area (Å²) in [7, 11) is 0. The molecule has 0 saturated carbocycles. The highest BCUT2D eigenvalue weighted by Crippen LogP contribution is 2.20. The van der Waals surface area contributed by atoms with Crippen LogP contribution in [0.25, 0.3) is 10.9 Å². The normalized spacial score (nSPS) is 19.0. The number of aliphatic hydroxyl groups excluding tert-OH is 1. The quantitative estimate of drug-likeness (QED) is 0.830. The van der Waals surface area contributed by atoms with Gasteiger partial charge in [0.25, 0.3) is 5.91 Å². The lowest BCUT2D eigenvalue weighted by Crippen LogP contribution is -2.42. The van der Waals surface area contributed by atoms with E-state index in [4.69, 9.17) is 0 Å². The van der Waals surface area contributed by atoms with Crippen LogP contribution in [0.4, 0.5) is 4.39 Å². The smallest absolute Gasteiger partial charge is 0.254 e. The summed E-state index contributed by atoms with van der Waals surface area (Å²) in [5, 5.41) is 10.2. The number of carbonyl (C=O) groups excluding carboxylic acids is 1. The number of pyridine rings is 1. The fourth-order valence-corrected chi connectivity index (χ4v) is 2.72. The number of β-amino-alcohol motifs (C(OH)–C–C–N with tert-alkyl or cyclic N) is 1. The number of halogens is 1. The van der Waals surface area contributed by atoms with Crippen molar-refractivity contribution in [3.05, 3.63) is 46.0 Å². The minimum Gasteiger partial charge on any atom is -0.391 e. The van der Waals surface area contributed by atoms with Crippen LogP contribution < -0.4 is 5.56 Å². The van der Waals surface area contributed by atoms with Crippen molar-refractivity contribution in [3.63, 3.8) is 0 Å². The van der Waals surface area contributed by atoms with E-state index in [0.717, 1.165) is 6.42 Å². The Bertz CT molecular complexity index is 756. The predicted molar refractivity (Wildman–Crippen MR) is 75.7 cm³/mol. The Morgan fingerprint density at radius 3 is 2.95 bits per heavy atom. The standard InChI is InChI=1S/C15H15FN2O3/c16-9-3-4-11-12(7-14(20)17-13(11)6-9)15(21)18-5-1-2-10(19)8-18/h3-4,6-7,10,19H,1-2,5,8H2,(H,17,20). The van der Waals surface area contributed by atoms with Gasteiger partial charge in [-0.25, -0.2) is 4.39 Å². The van der Waals surface area contributed by atoms with Crippen LogP contribution in [0.15, 0.2) is 29.1 Å². The molecule has 0 bridgehead atoms. The van der Waals surface area contributed by atoms with E-state index < -0.39 is 17.5 Å². The maximum absolute atomic E-state index is 13.3. The van der Waals surface area contributed by atoms with Gasteiger partial charge in [0, 0.05) is 24.5 Å². The molecule has 6 heteroatoms. The van der Waals surface area contributed by atoms with E-state index in [9.17, 15) is 19.1 Å². The predicted octanol–water partition coefficient (Wildman–Crippen LogP) is 1.26. The summed E-state index contributed by atoms with van der Waals surface area (Å²) in [6, 6.07) is 5.15. The number of carbonyl (C=O) groups is 1. The van der Waals surface area contributed by atoms with Crippen LogP contribution in [-0.2, 0) is 0 Å². The number of nitrogens with zero attached hydrogens (tertiary/aromatic N) is 1. The highest BCUT2D eigenvalue weighted by atomic mass is 19.1. The Hall–Kier alpha value is -2.21. The first-order chi connectivity index (χ1) is 10.0. The van der Waals surface area contributed by atoms with Gasteiger partial charge in [0.05, 0.1) is 17.2 Å². The van der Waals surface area contributed by atoms with Crippen molar-refractivity contribution in [1.82, 2.24) is 9.88 Å². The molecule has 1 unspecified atom stereocenters. The number of piperidine rings is 1. The average Bonchev–Trinajstić information content (AvgIpc) is 2.45. The van der Waals surface area contributed by atoms with E-state index in [1.165, 1.54) is 29.2 Å². The van der Waals surface area contributed by atoms with E-state index in [-0.39, 0.29) is 18.0 Å². The Morgan fingerprint density at radius 2 is 2.19 bits per heavy atom. The summed E-state index contributed by atoms with van der Waals surface area (Å²) in [5.41, 5.74) is 0.0836. The van der Waals surface area contributed by atoms with Crippen molar-refractivity contribution in [2.45, 2.75) is 18.9 Å². The third kappa shape index (κ3) is 2.67. The molecule has 1 aromatic heterocycles. The zero-order valence-corrected chi connectivity index (χ0v) is 11.3. The largest absolute Gasteiger partial charge is 0.391 e. The first-order valence-electron chi connectivity index (χ1n) is 6.84. The number of aliphatic hydroxyl groups is 1. The molecule has 1 aliphatic rings. The first kappa shape index (κ1) is 13.8. The van der Waals surface area contributed by atoms with Gasteiger partial charge in [-0.15, -0.1) is 0 Å². The number of fused-ring (bicyclic) bond motifs is 1. The molecule has 2 N–H and O–H groups in total. The molecule has 5 nitrogen and oxygen atoms in total. The number of benzene rings is 1. The fourth-order valence-electron chi connectivity index (χ4n) is 2.72. The van der Waals surface area contributed by atoms with E-state index in [1.54, 1.807) is 0 Å². The Morgan fingerprint density at radius 1 is 1.38 bits per heavy atom. The molecule has 1 aliphatic heterocycles. The zero-order chi connectivity index (χ0) is 15.0. The number of aromatic nitrogens is 1. The van der Waals surface area contributed by atoms with Crippen molar-refractivity contribution in [2.75, 3.05) is 13.1 Å². The number of nitrogens with one attached hydrogen (secondary N) is 1. The van der Waals surface area contributed by atoms with Gasteiger partial charge in [-0.1, -0.05) is 0 Å². The van der Waals surface area contributed by atoms with Gasteiger partial charge in [0.15, 0.2) is 0 Å².